The van der Waals surface area contributed by atoms with Crippen molar-refractivity contribution in [2.75, 3.05) is 6.54 Å². The maximum Gasteiger partial charge on any atom is 0.411 e. The molecule has 0 spiro atoms. The van der Waals surface area contributed by atoms with Crippen LogP contribution < -0.4 is 5.56 Å². The number of hydrogen-bond acceptors (Lipinski definition) is 5. The number of benzene rings is 1. The Labute approximate surface area is 229 Å². The van der Waals surface area contributed by atoms with Gasteiger partial charge in [0.25, 0.3) is 5.56 Å². The fourth-order valence-corrected chi connectivity index (χ4v) is 5.62. The highest BCUT2D eigenvalue weighted by atomic mass is 35.5. The summed E-state index contributed by atoms with van der Waals surface area (Å²) in [5.41, 5.74) is 0.638. The zero-order valence-electron chi connectivity index (χ0n) is 23.3. The van der Waals surface area contributed by atoms with Gasteiger partial charge in [-0.05, 0) is 78.1 Å². The molecule has 4 rings (SSSR count). The summed E-state index contributed by atoms with van der Waals surface area (Å²) in [6, 6.07) is 6.57. The molecule has 9 heteroatoms. The molecule has 0 aliphatic carbocycles. The van der Waals surface area contributed by atoms with Crippen molar-refractivity contribution in [3.8, 4) is 11.4 Å². The van der Waals surface area contributed by atoms with E-state index in [1.807, 2.05) is 46.8 Å². The van der Waals surface area contributed by atoms with E-state index in [1.165, 1.54) is 0 Å². The van der Waals surface area contributed by atoms with Crippen molar-refractivity contribution in [2.24, 2.45) is 0 Å². The number of likely N-dealkylation sites (tertiary alicyclic amines) is 1. The van der Waals surface area contributed by atoms with Gasteiger partial charge < -0.3 is 14.6 Å². The van der Waals surface area contributed by atoms with Gasteiger partial charge in [0.05, 0.1) is 17.8 Å². The Hall–Kier alpha value is -2.87. The minimum Gasteiger partial charge on any atom is -0.444 e. The quantitative estimate of drug-likeness (QED) is 0.508. The van der Waals surface area contributed by atoms with E-state index in [9.17, 15) is 14.4 Å². The molecule has 1 aromatic heterocycles. The number of unbranched alkanes of at least 4 members (excludes halogenated alkanes) is 1. The first-order valence-electron chi connectivity index (χ1n) is 13.5. The van der Waals surface area contributed by atoms with Crippen LogP contribution in [-0.4, -0.2) is 55.5 Å². The summed E-state index contributed by atoms with van der Waals surface area (Å²) in [7, 11) is 0. The second kappa shape index (κ2) is 10.7. The van der Waals surface area contributed by atoms with Crippen LogP contribution in [0.1, 0.15) is 90.8 Å². The van der Waals surface area contributed by atoms with Crippen LogP contribution in [-0.2, 0) is 16.1 Å². The molecule has 0 bridgehead atoms. The molecular weight excluding hydrogens is 504 g/mol. The number of nitrogens with one attached hydrogen (secondary N) is 1. The molecule has 2 aliphatic heterocycles. The van der Waals surface area contributed by atoms with Crippen molar-refractivity contribution in [1.29, 1.82) is 0 Å². The predicted octanol–water partition coefficient (Wildman–Crippen LogP) is 5.88. The molecule has 2 amide bonds. The molecule has 1 aromatic carbocycles. The van der Waals surface area contributed by atoms with Gasteiger partial charge in [0.15, 0.2) is 0 Å². The summed E-state index contributed by atoms with van der Waals surface area (Å²) >= 11 is 6.04. The Bertz CT molecular complexity index is 1250. The van der Waals surface area contributed by atoms with Crippen LogP contribution in [0.3, 0.4) is 0 Å². The van der Waals surface area contributed by atoms with Gasteiger partial charge in [0, 0.05) is 28.6 Å². The topological polar surface area (TPSA) is 95.6 Å². The Balaban J connectivity index is 1.66. The van der Waals surface area contributed by atoms with E-state index >= 15 is 0 Å². The van der Waals surface area contributed by atoms with Gasteiger partial charge >= 0.3 is 6.09 Å². The third kappa shape index (κ3) is 5.90. The number of hydrogen-bond donors (Lipinski definition) is 1. The van der Waals surface area contributed by atoms with Crippen LogP contribution in [0.15, 0.2) is 29.1 Å². The van der Waals surface area contributed by atoms with Crippen molar-refractivity contribution in [3.63, 3.8) is 0 Å². The maximum absolute atomic E-state index is 14.0. The third-order valence-electron chi connectivity index (χ3n) is 7.43. The number of amides is 2. The normalized spacial score (nSPS) is 20.8. The van der Waals surface area contributed by atoms with Crippen LogP contribution in [0.5, 0.6) is 0 Å². The molecule has 38 heavy (non-hydrogen) atoms. The number of aromatic amines is 1. The number of rotatable bonds is 5. The number of ether oxygens (including phenoxy) is 1. The van der Waals surface area contributed by atoms with Gasteiger partial charge in [0.2, 0.25) is 5.91 Å². The van der Waals surface area contributed by atoms with Crippen LogP contribution in [0, 0.1) is 0 Å². The minimum absolute atomic E-state index is 0.0691. The summed E-state index contributed by atoms with van der Waals surface area (Å²) in [4.78, 5) is 51.6. The molecule has 1 saturated heterocycles. The summed E-state index contributed by atoms with van der Waals surface area (Å²) in [5.74, 6) is 0.287. The molecule has 2 aliphatic rings. The molecule has 2 atom stereocenters. The molecule has 0 saturated carbocycles. The maximum atomic E-state index is 14.0. The van der Waals surface area contributed by atoms with Crippen molar-refractivity contribution in [3.05, 3.63) is 50.9 Å². The second-order valence-electron chi connectivity index (χ2n) is 12.1. The SMILES string of the molecule is CCCCC1CN(C(=O)[C@@H]2CCC(C)(C)N2C(=O)OC(C)(C)C)Cc2c1nc(-c1ccc(Cl)cc1)[nH]c2=O. The number of fused-ring (bicyclic) bond motifs is 1. The van der Waals surface area contributed by atoms with Gasteiger partial charge in [-0.25, -0.2) is 9.78 Å². The lowest BCUT2D eigenvalue weighted by molar-refractivity contribution is -0.138. The zero-order chi connectivity index (χ0) is 27.8. The van der Waals surface area contributed by atoms with Crippen LogP contribution >= 0.6 is 11.6 Å². The lowest BCUT2D eigenvalue weighted by Gasteiger charge is -2.40. The van der Waals surface area contributed by atoms with Gasteiger partial charge in [-0.3, -0.25) is 14.5 Å². The minimum atomic E-state index is -0.667. The Morgan fingerprint density at radius 1 is 1.21 bits per heavy atom. The van der Waals surface area contributed by atoms with E-state index in [0.29, 0.717) is 35.8 Å². The molecule has 1 unspecified atom stereocenters. The summed E-state index contributed by atoms with van der Waals surface area (Å²) in [5, 5.41) is 0.611. The molecule has 1 N–H and O–H groups in total. The second-order valence-corrected chi connectivity index (χ2v) is 12.5. The first kappa shape index (κ1) is 28.1. The number of H-pyrrole nitrogens is 1. The molecule has 8 nitrogen and oxygen atoms in total. The highest BCUT2D eigenvalue weighted by Gasteiger charge is 2.49. The molecular formula is C29H39ClN4O4. The van der Waals surface area contributed by atoms with Crippen LogP contribution in [0.2, 0.25) is 5.02 Å². The van der Waals surface area contributed by atoms with E-state index in [-0.39, 0.29) is 23.9 Å². The largest absolute Gasteiger partial charge is 0.444 e. The molecule has 2 aromatic rings. The summed E-state index contributed by atoms with van der Waals surface area (Å²) in [6.45, 7) is 12.1. The lowest BCUT2D eigenvalue weighted by Crippen LogP contribution is -2.55. The number of halogens is 1. The molecule has 0 radical (unpaired) electrons. The fourth-order valence-electron chi connectivity index (χ4n) is 5.50. The van der Waals surface area contributed by atoms with Crippen molar-refractivity contribution < 1.29 is 14.3 Å². The molecule has 3 heterocycles. The molecule has 1 fully saturated rings. The van der Waals surface area contributed by atoms with E-state index < -0.39 is 23.3 Å². The standard InChI is InChI=1S/C29H39ClN4O4/c1-7-8-9-19-16-33(26(36)22-14-15-29(5,6)34(22)27(37)38-28(2,3)4)17-21-23(19)31-24(32-25(21)35)18-10-12-20(30)13-11-18/h10-13,19,22H,7-9,14-17H2,1-6H3,(H,31,32,35)/t19?,22-/m0/s1. The van der Waals surface area contributed by atoms with Gasteiger partial charge in [-0.2, -0.15) is 0 Å². The number of nitrogens with zero attached hydrogens (tertiary/aromatic N) is 3. The van der Waals surface area contributed by atoms with Crippen LogP contribution in [0.25, 0.3) is 11.4 Å². The third-order valence-corrected chi connectivity index (χ3v) is 7.68. The highest BCUT2D eigenvalue weighted by molar-refractivity contribution is 6.30. The molecule has 206 valence electrons. The predicted molar refractivity (Wildman–Crippen MR) is 148 cm³/mol. The first-order valence-corrected chi connectivity index (χ1v) is 13.9. The Kier molecular flexibility index (Phi) is 7.94. The van der Waals surface area contributed by atoms with Crippen molar-refractivity contribution >= 4 is 23.6 Å². The average molecular weight is 543 g/mol. The lowest BCUT2D eigenvalue weighted by atomic mass is 9.90. The van der Waals surface area contributed by atoms with E-state index in [2.05, 4.69) is 11.9 Å². The van der Waals surface area contributed by atoms with Gasteiger partial charge in [0.1, 0.15) is 17.5 Å². The number of aromatic nitrogens is 2. The smallest absolute Gasteiger partial charge is 0.411 e. The highest BCUT2D eigenvalue weighted by Crippen LogP contribution is 2.38. The summed E-state index contributed by atoms with van der Waals surface area (Å²) < 4.78 is 5.68. The van der Waals surface area contributed by atoms with Crippen molar-refractivity contribution in [2.45, 2.75) is 103 Å². The van der Waals surface area contributed by atoms with Gasteiger partial charge in [-0.1, -0.05) is 31.4 Å². The average Bonchev–Trinajstić information content (AvgIpc) is 3.16. The van der Waals surface area contributed by atoms with E-state index in [0.717, 1.165) is 30.5 Å². The Morgan fingerprint density at radius 2 is 1.89 bits per heavy atom. The van der Waals surface area contributed by atoms with E-state index in [4.69, 9.17) is 21.3 Å². The number of carbonyl (C=O) groups excluding carboxylic acids is 2. The summed E-state index contributed by atoms with van der Waals surface area (Å²) in [6.07, 6.45) is 3.53. The zero-order valence-corrected chi connectivity index (χ0v) is 24.0. The van der Waals surface area contributed by atoms with Crippen LogP contribution in [0.4, 0.5) is 4.79 Å². The van der Waals surface area contributed by atoms with Crippen molar-refractivity contribution in [1.82, 2.24) is 19.8 Å². The fraction of sp³-hybridized carbons (Fsp3) is 0.586. The van der Waals surface area contributed by atoms with Gasteiger partial charge in [-0.15, -0.1) is 0 Å². The Morgan fingerprint density at radius 3 is 2.53 bits per heavy atom. The monoisotopic (exact) mass is 542 g/mol. The van der Waals surface area contributed by atoms with E-state index in [1.54, 1.807) is 21.9 Å². The number of carbonyl (C=O) groups is 2. The first-order chi connectivity index (χ1) is 17.8.